The Kier molecular flexibility index (Phi) is 7.05. The van der Waals surface area contributed by atoms with E-state index >= 15 is 0 Å². The highest BCUT2D eigenvalue weighted by Crippen LogP contribution is 2.54. The zero-order valence-electron chi connectivity index (χ0n) is 18.5. The first-order valence-electron chi connectivity index (χ1n) is 10.4. The zero-order chi connectivity index (χ0) is 23.0. The molecule has 0 saturated carbocycles. The molecule has 1 aliphatic heterocycles. The lowest BCUT2D eigenvalue weighted by molar-refractivity contribution is -0.0605. The van der Waals surface area contributed by atoms with Crippen molar-refractivity contribution in [2.75, 3.05) is 12.4 Å². The monoisotopic (exact) mass is 457 g/mol. The van der Waals surface area contributed by atoms with Crippen molar-refractivity contribution in [1.82, 2.24) is 19.5 Å². The van der Waals surface area contributed by atoms with E-state index in [-0.39, 0.29) is 6.42 Å². The summed E-state index contributed by atoms with van der Waals surface area (Å²) < 4.78 is 25.9. The number of nitrogens with zero attached hydrogens (tertiary/aromatic N) is 4. The average molecular weight is 457 g/mol. The minimum absolute atomic E-state index is 0.107. The number of rotatable bonds is 9. The number of aromatic nitrogens is 4. The highest BCUT2D eigenvalue weighted by Gasteiger charge is 2.47. The fourth-order valence-corrected chi connectivity index (χ4v) is 5.90. The molecule has 0 aliphatic carbocycles. The van der Waals surface area contributed by atoms with Crippen LogP contribution < -0.4 is 5.32 Å². The summed E-state index contributed by atoms with van der Waals surface area (Å²) >= 11 is 0. The van der Waals surface area contributed by atoms with Gasteiger partial charge in [-0.1, -0.05) is 13.8 Å². The number of imidazole rings is 1. The number of ether oxygens (including phenoxy) is 1. The molecule has 3 heterocycles. The van der Waals surface area contributed by atoms with Gasteiger partial charge in [-0.2, -0.15) is 0 Å². The van der Waals surface area contributed by atoms with Gasteiger partial charge >= 0.3 is 7.60 Å². The molecule has 2 aromatic heterocycles. The summed E-state index contributed by atoms with van der Waals surface area (Å²) in [7, 11) is -2.15. The average Bonchev–Trinajstić information content (AvgIpc) is 3.23. The van der Waals surface area contributed by atoms with E-state index in [1.54, 1.807) is 25.5 Å². The van der Waals surface area contributed by atoms with Crippen LogP contribution in [0.3, 0.4) is 0 Å². The van der Waals surface area contributed by atoms with Crippen molar-refractivity contribution in [2.24, 2.45) is 0 Å². The molecule has 4 N–H and O–H groups in total. The summed E-state index contributed by atoms with van der Waals surface area (Å²) in [6.07, 6.45) is -0.222. The van der Waals surface area contributed by atoms with Crippen LogP contribution in [0.5, 0.6) is 0 Å². The van der Waals surface area contributed by atoms with Crippen LogP contribution >= 0.6 is 7.60 Å². The van der Waals surface area contributed by atoms with Crippen LogP contribution in [-0.2, 0) is 13.8 Å². The largest absolute Gasteiger partial charge is 0.388 e. The molecule has 2 aromatic rings. The summed E-state index contributed by atoms with van der Waals surface area (Å²) in [5, 5.41) is 24.2. The van der Waals surface area contributed by atoms with Crippen molar-refractivity contribution in [3.8, 4) is 0 Å². The molecule has 0 aromatic carbocycles. The lowest BCUT2D eigenvalue weighted by atomic mass is 9.97. The standard InChI is InChI=1S/C19H32N5O6P/c1-6-11(7-2)31(27,28)30-19(3,4)8-12-14(25)15(26)18(29-12)24-10-23-13-16(20-5)21-9-22-17(13)24/h9-12,14-15,18,25-26H,6-8H2,1-5H3,(H,27,28)(H,20,21,22)/t12?,14?,15-,18-/m1/s1. The molecular weight excluding hydrogens is 425 g/mol. The van der Waals surface area contributed by atoms with Gasteiger partial charge in [0.1, 0.15) is 24.1 Å². The van der Waals surface area contributed by atoms with Crippen LogP contribution in [0.2, 0.25) is 0 Å². The third-order valence-corrected chi connectivity index (χ3v) is 8.09. The maximum absolute atomic E-state index is 12.7. The van der Waals surface area contributed by atoms with Gasteiger partial charge in [0.2, 0.25) is 0 Å². The maximum Gasteiger partial charge on any atom is 0.331 e. The third-order valence-electron chi connectivity index (χ3n) is 5.68. The van der Waals surface area contributed by atoms with Gasteiger partial charge in [-0.15, -0.1) is 0 Å². The summed E-state index contributed by atoms with van der Waals surface area (Å²) in [5.41, 5.74) is -0.571. The molecule has 31 heavy (non-hydrogen) atoms. The van der Waals surface area contributed by atoms with Gasteiger partial charge in [-0.3, -0.25) is 9.13 Å². The molecular formula is C19H32N5O6P. The molecule has 0 spiro atoms. The molecule has 0 bridgehead atoms. The Labute approximate surface area is 181 Å². The van der Waals surface area contributed by atoms with E-state index in [1.165, 1.54) is 12.7 Å². The number of fused-ring (bicyclic) bond motifs is 1. The number of aliphatic hydroxyl groups is 2. The summed E-state index contributed by atoms with van der Waals surface area (Å²) in [6.45, 7) is 7.04. The molecule has 1 aliphatic rings. The second-order valence-corrected chi connectivity index (χ2v) is 10.5. The van der Waals surface area contributed by atoms with Crippen molar-refractivity contribution in [2.45, 2.75) is 82.8 Å². The smallest absolute Gasteiger partial charge is 0.331 e. The van der Waals surface area contributed by atoms with Crippen LogP contribution in [0.4, 0.5) is 5.82 Å². The molecule has 0 radical (unpaired) electrons. The SMILES string of the molecule is CCC(CC)P(=O)(O)OC(C)(C)CC1O[C@@H](n2cnc3c(NC)ncnc32)[C@H](O)C1O. The van der Waals surface area contributed by atoms with Crippen molar-refractivity contribution >= 4 is 24.6 Å². The van der Waals surface area contributed by atoms with Crippen LogP contribution in [0.15, 0.2) is 12.7 Å². The number of hydrogen-bond acceptors (Lipinski definition) is 9. The first-order chi connectivity index (χ1) is 14.5. The van der Waals surface area contributed by atoms with E-state index in [2.05, 4.69) is 20.3 Å². The van der Waals surface area contributed by atoms with E-state index in [0.717, 1.165) is 0 Å². The van der Waals surface area contributed by atoms with Crippen molar-refractivity contribution in [3.63, 3.8) is 0 Å². The van der Waals surface area contributed by atoms with Crippen LogP contribution in [0, 0.1) is 0 Å². The Hall–Kier alpha value is -1.62. The molecule has 0 amide bonds. The minimum atomic E-state index is -3.86. The predicted octanol–water partition coefficient (Wildman–Crippen LogP) is 2.05. The normalized spacial score (nSPS) is 26.5. The van der Waals surface area contributed by atoms with Gasteiger partial charge in [-0.25, -0.2) is 15.0 Å². The van der Waals surface area contributed by atoms with Gasteiger partial charge in [0, 0.05) is 13.5 Å². The lowest BCUT2D eigenvalue weighted by Gasteiger charge is -2.33. The Balaban J connectivity index is 1.79. The summed E-state index contributed by atoms with van der Waals surface area (Å²) in [5.74, 6) is 0.531. The quantitative estimate of drug-likeness (QED) is 0.412. The van der Waals surface area contributed by atoms with Crippen LogP contribution in [0.25, 0.3) is 11.2 Å². The Morgan fingerprint density at radius 1 is 1.26 bits per heavy atom. The van der Waals surface area contributed by atoms with E-state index in [1.807, 2.05) is 13.8 Å². The van der Waals surface area contributed by atoms with Gasteiger partial charge in [0.05, 0.1) is 23.7 Å². The zero-order valence-corrected chi connectivity index (χ0v) is 19.4. The first-order valence-corrected chi connectivity index (χ1v) is 12.1. The molecule has 11 nitrogen and oxygen atoms in total. The fraction of sp³-hybridized carbons (Fsp3) is 0.737. The fourth-order valence-electron chi connectivity index (χ4n) is 4.05. The van der Waals surface area contributed by atoms with Crippen molar-refractivity contribution in [1.29, 1.82) is 0 Å². The second kappa shape index (κ2) is 9.09. The number of anilines is 1. The number of nitrogens with one attached hydrogen (secondary N) is 1. The Morgan fingerprint density at radius 3 is 2.55 bits per heavy atom. The van der Waals surface area contributed by atoms with E-state index in [4.69, 9.17) is 9.26 Å². The molecule has 12 heteroatoms. The Bertz CT molecular complexity index is 949. The number of aliphatic hydroxyl groups excluding tert-OH is 2. The second-order valence-electron chi connectivity index (χ2n) is 8.43. The van der Waals surface area contributed by atoms with E-state index in [9.17, 15) is 19.7 Å². The van der Waals surface area contributed by atoms with E-state index < -0.39 is 43.4 Å². The topological polar surface area (TPSA) is 152 Å². The third kappa shape index (κ3) is 4.76. The van der Waals surface area contributed by atoms with E-state index in [0.29, 0.717) is 29.8 Å². The van der Waals surface area contributed by atoms with Crippen LogP contribution in [0.1, 0.15) is 53.2 Å². The van der Waals surface area contributed by atoms with Gasteiger partial charge in [0.25, 0.3) is 0 Å². The predicted molar refractivity (Wildman–Crippen MR) is 115 cm³/mol. The molecule has 3 rings (SSSR count). The van der Waals surface area contributed by atoms with Crippen molar-refractivity contribution < 1.29 is 28.9 Å². The summed E-state index contributed by atoms with van der Waals surface area (Å²) in [4.78, 5) is 23.0. The maximum atomic E-state index is 12.7. The number of hydrogen-bond donors (Lipinski definition) is 4. The molecule has 3 unspecified atom stereocenters. The molecule has 1 saturated heterocycles. The van der Waals surface area contributed by atoms with Gasteiger partial charge in [-0.05, 0) is 26.7 Å². The minimum Gasteiger partial charge on any atom is -0.388 e. The van der Waals surface area contributed by atoms with Crippen LogP contribution in [-0.4, -0.2) is 71.2 Å². The van der Waals surface area contributed by atoms with Crippen molar-refractivity contribution in [3.05, 3.63) is 12.7 Å². The van der Waals surface area contributed by atoms with Gasteiger partial charge < -0.3 is 29.7 Å². The van der Waals surface area contributed by atoms with Gasteiger partial charge in [0.15, 0.2) is 17.7 Å². The molecule has 5 atom stereocenters. The molecule has 174 valence electrons. The highest BCUT2D eigenvalue weighted by atomic mass is 31.2. The molecule has 1 fully saturated rings. The Morgan fingerprint density at radius 2 is 1.94 bits per heavy atom. The highest BCUT2D eigenvalue weighted by molar-refractivity contribution is 7.53. The first kappa shape index (κ1) is 24.0. The lowest BCUT2D eigenvalue weighted by Crippen LogP contribution is -2.37. The summed E-state index contributed by atoms with van der Waals surface area (Å²) in [6, 6.07) is 0.